The smallest absolute Gasteiger partial charge is 0.0741 e. The number of nitrogens with one attached hydrogen (secondary N) is 1. The molecular weight excluding hydrogens is 186 g/mol. The summed E-state index contributed by atoms with van der Waals surface area (Å²) < 4.78 is 0. The topological polar surface area (TPSA) is 32.3 Å². The summed E-state index contributed by atoms with van der Waals surface area (Å²) in [5.41, 5.74) is 2.48. The number of aliphatic hydroxyl groups excluding tert-OH is 1. The molecule has 0 heterocycles. The lowest BCUT2D eigenvalue weighted by Gasteiger charge is -2.18. The van der Waals surface area contributed by atoms with Crippen LogP contribution in [-0.4, -0.2) is 17.3 Å². The van der Waals surface area contributed by atoms with E-state index >= 15 is 0 Å². The second-order valence-electron chi connectivity index (χ2n) is 4.30. The first-order valence-corrected chi connectivity index (χ1v) is 5.83. The van der Waals surface area contributed by atoms with Gasteiger partial charge in [0.25, 0.3) is 0 Å². The lowest BCUT2D eigenvalue weighted by Crippen LogP contribution is -2.27. The first kappa shape index (κ1) is 10.5. The van der Waals surface area contributed by atoms with Crippen molar-refractivity contribution in [2.75, 3.05) is 5.32 Å². The number of anilines is 1. The fourth-order valence-corrected chi connectivity index (χ4v) is 2.20. The van der Waals surface area contributed by atoms with Gasteiger partial charge in [-0.05, 0) is 43.4 Å². The molecule has 2 heteroatoms. The zero-order chi connectivity index (χ0) is 10.7. The number of hydrogen-bond acceptors (Lipinski definition) is 2. The van der Waals surface area contributed by atoms with Gasteiger partial charge in [0.1, 0.15) is 0 Å². The second-order valence-corrected chi connectivity index (χ2v) is 4.30. The van der Waals surface area contributed by atoms with Crippen molar-refractivity contribution in [1.82, 2.24) is 0 Å². The highest BCUT2D eigenvalue weighted by Crippen LogP contribution is 2.23. The van der Waals surface area contributed by atoms with Gasteiger partial charge in [0.05, 0.1) is 12.1 Å². The van der Waals surface area contributed by atoms with E-state index < -0.39 is 0 Å². The fraction of sp³-hybridized carbons (Fsp3) is 0.538. The van der Waals surface area contributed by atoms with Crippen molar-refractivity contribution in [2.45, 2.75) is 44.8 Å². The molecule has 0 spiro atoms. The molecule has 1 aromatic rings. The molecule has 82 valence electrons. The standard InChI is InChI=1S/C13H19NO/c1-2-10-5-3-6-11(9-10)14-12-7-4-8-13(12)15/h3,5-6,9,12-15H,2,4,7-8H2,1H3/t12-,13-/m1/s1. The summed E-state index contributed by atoms with van der Waals surface area (Å²) in [6.07, 6.45) is 4.04. The van der Waals surface area contributed by atoms with Crippen LogP contribution >= 0.6 is 0 Å². The third kappa shape index (κ3) is 2.51. The second kappa shape index (κ2) is 4.67. The summed E-state index contributed by atoms with van der Waals surface area (Å²) in [5.74, 6) is 0. The van der Waals surface area contributed by atoms with Gasteiger partial charge in [-0.25, -0.2) is 0 Å². The van der Waals surface area contributed by atoms with Crippen LogP contribution in [0.1, 0.15) is 31.7 Å². The van der Waals surface area contributed by atoms with E-state index in [0.717, 1.165) is 31.4 Å². The molecule has 0 radical (unpaired) electrons. The van der Waals surface area contributed by atoms with E-state index in [9.17, 15) is 5.11 Å². The van der Waals surface area contributed by atoms with E-state index in [1.807, 2.05) is 0 Å². The van der Waals surface area contributed by atoms with E-state index in [2.05, 4.69) is 36.5 Å². The van der Waals surface area contributed by atoms with Crippen molar-refractivity contribution in [3.63, 3.8) is 0 Å². The monoisotopic (exact) mass is 205 g/mol. The van der Waals surface area contributed by atoms with Crippen LogP contribution in [0.4, 0.5) is 5.69 Å². The molecule has 1 aromatic carbocycles. The van der Waals surface area contributed by atoms with Crippen molar-refractivity contribution >= 4 is 5.69 Å². The number of aliphatic hydroxyl groups is 1. The minimum absolute atomic E-state index is 0.171. The molecule has 1 fully saturated rings. The average molecular weight is 205 g/mol. The Hall–Kier alpha value is -1.02. The third-order valence-corrected chi connectivity index (χ3v) is 3.17. The molecule has 0 amide bonds. The van der Waals surface area contributed by atoms with Crippen molar-refractivity contribution in [2.24, 2.45) is 0 Å². The highest BCUT2D eigenvalue weighted by Gasteiger charge is 2.24. The SMILES string of the molecule is CCc1cccc(N[C@@H]2CCC[C@H]2O)c1. The molecule has 2 atom stereocenters. The quantitative estimate of drug-likeness (QED) is 0.795. The molecule has 1 saturated carbocycles. The Morgan fingerprint density at radius 1 is 1.40 bits per heavy atom. The van der Waals surface area contributed by atoms with Crippen LogP contribution < -0.4 is 5.32 Å². The minimum atomic E-state index is -0.171. The zero-order valence-electron chi connectivity index (χ0n) is 9.24. The number of benzene rings is 1. The van der Waals surface area contributed by atoms with E-state index in [4.69, 9.17) is 0 Å². The highest BCUT2D eigenvalue weighted by molar-refractivity contribution is 5.47. The maximum absolute atomic E-state index is 9.71. The molecule has 15 heavy (non-hydrogen) atoms. The van der Waals surface area contributed by atoms with E-state index in [1.165, 1.54) is 5.56 Å². The highest BCUT2D eigenvalue weighted by atomic mass is 16.3. The van der Waals surface area contributed by atoms with Gasteiger partial charge in [-0.2, -0.15) is 0 Å². The molecule has 0 saturated heterocycles. The van der Waals surface area contributed by atoms with E-state index in [1.54, 1.807) is 0 Å². The Bertz CT molecular complexity index is 324. The van der Waals surface area contributed by atoms with Gasteiger partial charge in [0, 0.05) is 5.69 Å². The minimum Gasteiger partial charge on any atom is -0.391 e. The van der Waals surface area contributed by atoms with Crippen molar-refractivity contribution in [3.05, 3.63) is 29.8 Å². The van der Waals surface area contributed by atoms with Crippen LogP contribution in [0.25, 0.3) is 0 Å². The predicted octanol–water partition coefficient (Wildman–Crippen LogP) is 2.57. The Morgan fingerprint density at radius 2 is 2.27 bits per heavy atom. The summed E-state index contributed by atoms with van der Waals surface area (Å²) in [7, 11) is 0. The molecule has 0 bridgehead atoms. The average Bonchev–Trinajstić information content (AvgIpc) is 2.65. The fourth-order valence-electron chi connectivity index (χ4n) is 2.20. The van der Waals surface area contributed by atoms with Gasteiger partial charge in [0.2, 0.25) is 0 Å². The summed E-state index contributed by atoms with van der Waals surface area (Å²) in [4.78, 5) is 0. The molecule has 2 rings (SSSR count). The summed E-state index contributed by atoms with van der Waals surface area (Å²) in [6.45, 7) is 2.16. The predicted molar refractivity (Wildman–Crippen MR) is 63.1 cm³/mol. The van der Waals surface area contributed by atoms with E-state index in [-0.39, 0.29) is 12.1 Å². The molecule has 0 unspecified atom stereocenters. The Kier molecular flexibility index (Phi) is 3.27. The van der Waals surface area contributed by atoms with Crippen molar-refractivity contribution in [3.8, 4) is 0 Å². The van der Waals surface area contributed by atoms with Gasteiger partial charge in [-0.3, -0.25) is 0 Å². The molecular formula is C13H19NO. The summed E-state index contributed by atoms with van der Waals surface area (Å²) in [6, 6.07) is 8.70. The Morgan fingerprint density at radius 3 is 2.93 bits per heavy atom. The van der Waals surface area contributed by atoms with Gasteiger partial charge in [0.15, 0.2) is 0 Å². The number of aryl methyl sites for hydroxylation is 1. The van der Waals surface area contributed by atoms with Crippen LogP contribution in [-0.2, 0) is 6.42 Å². The first-order valence-electron chi connectivity index (χ1n) is 5.83. The molecule has 0 aromatic heterocycles. The van der Waals surface area contributed by atoms with Gasteiger partial charge in [-0.1, -0.05) is 19.1 Å². The largest absolute Gasteiger partial charge is 0.391 e. The Balaban J connectivity index is 2.03. The summed E-state index contributed by atoms with van der Waals surface area (Å²) in [5, 5.41) is 13.1. The van der Waals surface area contributed by atoms with Crippen molar-refractivity contribution < 1.29 is 5.11 Å². The summed E-state index contributed by atoms with van der Waals surface area (Å²) >= 11 is 0. The zero-order valence-corrected chi connectivity index (χ0v) is 9.24. The molecule has 2 nitrogen and oxygen atoms in total. The normalized spacial score (nSPS) is 25.5. The molecule has 0 aliphatic heterocycles. The van der Waals surface area contributed by atoms with Crippen LogP contribution in [0.3, 0.4) is 0 Å². The molecule has 2 N–H and O–H groups in total. The maximum atomic E-state index is 9.71. The van der Waals surface area contributed by atoms with Crippen molar-refractivity contribution in [1.29, 1.82) is 0 Å². The van der Waals surface area contributed by atoms with Crippen LogP contribution in [0.5, 0.6) is 0 Å². The lowest BCUT2D eigenvalue weighted by molar-refractivity contribution is 0.172. The van der Waals surface area contributed by atoms with Gasteiger partial charge in [-0.15, -0.1) is 0 Å². The van der Waals surface area contributed by atoms with Crippen LogP contribution in [0.2, 0.25) is 0 Å². The number of hydrogen-bond donors (Lipinski definition) is 2. The lowest BCUT2D eigenvalue weighted by atomic mass is 10.1. The Labute approximate surface area is 91.3 Å². The van der Waals surface area contributed by atoms with Crippen LogP contribution in [0.15, 0.2) is 24.3 Å². The molecule has 1 aliphatic rings. The first-order chi connectivity index (χ1) is 7.29. The number of rotatable bonds is 3. The van der Waals surface area contributed by atoms with Crippen LogP contribution in [0, 0.1) is 0 Å². The van der Waals surface area contributed by atoms with Gasteiger partial charge < -0.3 is 10.4 Å². The maximum Gasteiger partial charge on any atom is 0.0741 e. The van der Waals surface area contributed by atoms with E-state index in [0.29, 0.717) is 0 Å². The third-order valence-electron chi connectivity index (χ3n) is 3.17. The van der Waals surface area contributed by atoms with Gasteiger partial charge >= 0.3 is 0 Å². The molecule has 1 aliphatic carbocycles.